The first-order chi connectivity index (χ1) is 15.0. The third kappa shape index (κ3) is 5.80. The molecule has 0 bridgehead atoms. The minimum atomic E-state index is -0.757. The number of H-pyrrole nitrogens is 1. The van der Waals surface area contributed by atoms with E-state index in [4.69, 9.17) is 18.9 Å². The third-order valence-electron chi connectivity index (χ3n) is 4.55. The summed E-state index contributed by atoms with van der Waals surface area (Å²) in [5.41, 5.74) is -0.0237. The topological polar surface area (TPSA) is 122 Å². The van der Waals surface area contributed by atoms with Crippen molar-refractivity contribution >= 4 is 10.9 Å². The Bertz CT molecular complexity index is 1070. The molecule has 0 aliphatic heterocycles. The van der Waals surface area contributed by atoms with Crippen molar-refractivity contribution in [2.75, 3.05) is 40.5 Å². The number of ether oxygens (including phenoxy) is 4. The zero-order valence-corrected chi connectivity index (χ0v) is 17.4. The summed E-state index contributed by atoms with van der Waals surface area (Å²) in [7, 11) is 3.13. The lowest BCUT2D eigenvalue weighted by atomic mass is 10.2. The molecule has 0 saturated carbocycles. The molecular weight excluding hydrogens is 404 g/mol. The average molecular weight is 430 g/mol. The predicted molar refractivity (Wildman–Crippen MR) is 116 cm³/mol. The highest BCUT2D eigenvalue weighted by Gasteiger charge is 2.10. The van der Waals surface area contributed by atoms with Gasteiger partial charge in [0, 0.05) is 30.6 Å². The summed E-state index contributed by atoms with van der Waals surface area (Å²) in [6, 6.07) is 11.3. The van der Waals surface area contributed by atoms with Crippen LogP contribution < -0.4 is 29.8 Å². The fourth-order valence-corrected chi connectivity index (χ4v) is 3.00. The number of aromatic nitrogens is 1. The molecule has 9 nitrogen and oxygen atoms in total. The van der Waals surface area contributed by atoms with E-state index >= 15 is 0 Å². The van der Waals surface area contributed by atoms with Crippen LogP contribution in [-0.2, 0) is 0 Å². The largest absolute Gasteiger partial charge is 0.506 e. The van der Waals surface area contributed by atoms with E-state index in [2.05, 4.69) is 10.3 Å². The van der Waals surface area contributed by atoms with Crippen molar-refractivity contribution in [3.8, 4) is 28.7 Å². The fraction of sp³-hybridized carbons (Fsp3) is 0.318. The number of methoxy groups -OCH3 is 2. The van der Waals surface area contributed by atoms with E-state index in [0.29, 0.717) is 53.6 Å². The fourth-order valence-electron chi connectivity index (χ4n) is 3.00. The van der Waals surface area contributed by atoms with Gasteiger partial charge in [-0.25, -0.2) is 0 Å². The van der Waals surface area contributed by atoms with Crippen molar-refractivity contribution < 1.29 is 29.2 Å². The smallest absolute Gasteiger partial charge is 0.248 e. The van der Waals surface area contributed by atoms with Crippen molar-refractivity contribution in [3.63, 3.8) is 0 Å². The SMILES string of the molecule is COc1ccc(OCCNCC(O)COc2ccc(O)c3[nH]c(=O)ccc23)cc1OC. The molecule has 0 spiro atoms. The lowest BCUT2D eigenvalue weighted by Gasteiger charge is -2.15. The van der Waals surface area contributed by atoms with Gasteiger partial charge in [-0.3, -0.25) is 4.79 Å². The first kappa shape index (κ1) is 22.3. The molecule has 1 heterocycles. The van der Waals surface area contributed by atoms with Crippen molar-refractivity contribution in [1.29, 1.82) is 0 Å². The van der Waals surface area contributed by atoms with E-state index in [1.165, 1.54) is 12.1 Å². The monoisotopic (exact) mass is 430 g/mol. The molecule has 1 atom stereocenters. The first-order valence-corrected chi connectivity index (χ1v) is 9.73. The summed E-state index contributed by atoms with van der Waals surface area (Å²) in [6.07, 6.45) is -0.757. The molecule has 0 saturated heterocycles. The predicted octanol–water partition coefficient (Wildman–Crippen LogP) is 1.66. The van der Waals surface area contributed by atoms with Gasteiger partial charge in [-0.1, -0.05) is 0 Å². The molecule has 31 heavy (non-hydrogen) atoms. The molecule has 0 aliphatic rings. The number of aliphatic hydroxyl groups excluding tert-OH is 1. The molecule has 0 radical (unpaired) electrons. The molecule has 3 aromatic rings. The molecule has 1 unspecified atom stereocenters. The van der Waals surface area contributed by atoms with Gasteiger partial charge in [-0.2, -0.15) is 0 Å². The summed E-state index contributed by atoms with van der Waals surface area (Å²) in [5.74, 6) is 2.28. The Kier molecular flexibility index (Phi) is 7.58. The molecule has 166 valence electrons. The van der Waals surface area contributed by atoms with Crippen molar-refractivity contribution in [2.45, 2.75) is 6.10 Å². The van der Waals surface area contributed by atoms with Gasteiger partial charge in [-0.15, -0.1) is 0 Å². The molecule has 9 heteroatoms. The maximum absolute atomic E-state index is 11.5. The number of benzene rings is 2. The number of pyridine rings is 1. The Morgan fingerprint density at radius 2 is 1.77 bits per heavy atom. The lowest BCUT2D eigenvalue weighted by molar-refractivity contribution is 0.106. The van der Waals surface area contributed by atoms with Gasteiger partial charge in [-0.05, 0) is 30.3 Å². The highest BCUT2D eigenvalue weighted by molar-refractivity contribution is 5.89. The van der Waals surface area contributed by atoms with Crippen LogP contribution in [0.3, 0.4) is 0 Å². The Labute approximate surface area is 179 Å². The number of aromatic hydroxyl groups is 1. The second-order valence-electron chi connectivity index (χ2n) is 6.73. The molecule has 1 aromatic heterocycles. The van der Waals surface area contributed by atoms with Gasteiger partial charge in [0.15, 0.2) is 11.5 Å². The van der Waals surface area contributed by atoms with Crippen molar-refractivity contribution in [1.82, 2.24) is 10.3 Å². The summed E-state index contributed by atoms with van der Waals surface area (Å²) >= 11 is 0. The second-order valence-corrected chi connectivity index (χ2v) is 6.73. The first-order valence-electron chi connectivity index (χ1n) is 9.73. The van der Waals surface area contributed by atoms with Crippen LogP contribution in [0.5, 0.6) is 28.7 Å². The Morgan fingerprint density at radius 1 is 1.00 bits per heavy atom. The van der Waals surface area contributed by atoms with Crippen LogP contribution in [0.1, 0.15) is 0 Å². The summed E-state index contributed by atoms with van der Waals surface area (Å²) in [5, 5.41) is 23.7. The number of hydrogen-bond donors (Lipinski definition) is 4. The number of phenolic OH excluding ortho intramolecular Hbond substituents is 1. The van der Waals surface area contributed by atoms with Gasteiger partial charge >= 0.3 is 0 Å². The minimum Gasteiger partial charge on any atom is -0.506 e. The van der Waals surface area contributed by atoms with Gasteiger partial charge in [0.25, 0.3) is 0 Å². The number of hydrogen-bond acceptors (Lipinski definition) is 8. The number of fused-ring (bicyclic) bond motifs is 1. The zero-order valence-electron chi connectivity index (χ0n) is 17.4. The molecule has 2 aromatic carbocycles. The maximum Gasteiger partial charge on any atom is 0.248 e. The van der Waals surface area contributed by atoms with Gasteiger partial charge in [0.05, 0.1) is 19.7 Å². The second kappa shape index (κ2) is 10.6. The number of rotatable bonds is 11. The molecule has 4 N–H and O–H groups in total. The van der Waals surface area contributed by atoms with Crippen molar-refractivity contribution in [3.05, 3.63) is 52.8 Å². The maximum atomic E-state index is 11.5. The molecule has 0 amide bonds. The summed E-state index contributed by atoms with van der Waals surface area (Å²) in [6.45, 7) is 1.28. The van der Waals surface area contributed by atoms with Crippen LogP contribution in [-0.4, -0.2) is 61.8 Å². The van der Waals surface area contributed by atoms with E-state index in [9.17, 15) is 15.0 Å². The van der Waals surface area contributed by atoms with E-state index < -0.39 is 6.10 Å². The summed E-state index contributed by atoms with van der Waals surface area (Å²) in [4.78, 5) is 14.0. The number of nitrogens with one attached hydrogen (secondary N) is 2. The molecule has 0 aliphatic carbocycles. The molecular formula is C22H26N2O7. The van der Waals surface area contributed by atoms with Gasteiger partial charge in [0.2, 0.25) is 5.56 Å². The van der Waals surface area contributed by atoms with Gasteiger partial charge < -0.3 is 39.5 Å². The number of phenols is 1. The average Bonchev–Trinajstić information content (AvgIpc) is 2.78. The molecule has 0 fully saturated rings. The minimum absolute atomic E-state index is 0.0442. The van der Waals surface area contributed by atoms with E-state index in [0.717, 1.165) is 0 Å². The Hall–Kier alpha value is -3.43. The quantitative estimate of drug-likeness (QED) is 0.339. The van der Waals surface area contributed by atoms with Crippen LogP contribution in [0, 0.1) is 0 Å². The van der Waals surface area contributed by atoms with E-state index in [1.807, 2.05) is 0 Å². The van der Waals surface area contributed by atoms with Crippen LogP contribution in [0.15, 0.2) is 47.3 Å². The van der Waals surface area contributed by atoms with Gasteiger partial charge in [0.1, 0.15) is 36.6 Å². The Morgan fingerprint density at radius 3 is 2.55 bits per heavy atom. The van der Waals surface area contributed by atoms with Crippen LogP contribution >= 0.6 is 0 Å². The van der Waals surface area contributed by atoms with E-state index in [-0.39, 0.29) is 17.9 Å². The number of aliphatic hydroxyl groups is 1. The normalized spacial score (nSPS) is 11.8. The van der Waals surface area contributed by atoms with Crippen LogP contribution in [0.25, 0.3) is 10.9 Å². The van der Waals surface area contributed by atoms with E-state index in [1.54, 1.807) is 44.6 Å². The van der Waals surface area contributed by atoms with Crippen LogP contribution in [0.4, 0.5) is 0 Å². The zero-order chi connectivity index (χ0) is 22.2. The highest BCUT2D eigenvalue weighted by atomic mass is 16.5. The Balaban J connectivity index is 1.42. The van der Waals surface area contributed by atoms with Crippen LogP contribution in [0.2, 0.25) is 0 Å². The molecule has 3 rings (SSSR count). The lowest BCUT2D eigenvalue weighted by Crippen LogP contribution is -2.33. The standard InChI is InChI=1S/C22H26N2O7/c1-28-19-6-3-15(11-20(19)29-2)30-10-9-23-12-14(25)13-31-18-7-5-17(26)22-16(18)4-8-21(27)24-22/h3-8,11,14,23,25-26H,9-10,12-13H2,1-2H3,(H,24,27). The summed E-state index contributed by atoms with van der Waals surface area (Å²) < 4.78 is 21.8. The van der Waals surface area contributed by atoms with Crippen molar-refractivity contribution in [2.24, 2.45) is 0 Å². The third-order valence-corrected chi connectivity index (χ3v) is 4.55. The highest BCUT2D eigenvalue weighted by Crippen LogP contribution is 2.31. The number of aromatic amines is 1.